The number of benzene rings is 1. The Morgan fingerprint density at radius 1 is 1.24 bits per heavy atom. The van der Waals surface area contributed by atoms with Gasteiger partial charge in [0, 0.05) is 29.8 Å². The number of piperidine rings is 1. The van der Waals surface area contributed by atoms with Gasteiger partial charge < -0.3 is 10.4 Å². The number of sulfonamides is 1. The number of hydrogen-bond donors (Lipinski definition) is 2. The predicted molar refractivity (Wildman–Crippen MR) is 135 cm³/mol. The van der Waals surface area contributed by atoms with Crippen LogP contribution in [-0.2, 0) is 15.4 Å². The van der Waals surface area contributed by atoms with Crippen LogP contribution in [0.5, 0.6) is 0 Å². The van der Waals surface area contributed by atoms with Gasteiger partial charge in [0.2, 0.25) is 16.0 Å². The smallest absolute Gasteiger partial charge is 0.223 e. The van der Waals surface area contributed by atoms with Crippen LogP contribution in [0, 0.1) is 0 Å². The highest BCUT2D eigenvalue weighted by molar-refractivity contribution is 7.88. The minimum absolute atomic E-state index is 0.0261. The molecule has 3 heterocycles. The lowest BCUT2D eigenvalue weighted by atomic mass is 9.70. The molecular formula is C23H27Cl2N5O3S. The van der Waals surface area contributed by atoms with E-state index in [9.17, 15) is 13.5 Å². The number of hydrogen-bond acceptors (Lipinski definition) is 7. The molecule has 0 radical (unpaired) electrons. The van der Waals surface area contributed by atoms with Crippen LogP contribution in [-0.4, -0.2) is 65.0 Å². The number of β-amino-alcohol motifs (C(OH)–C–C–N with tert-alkyl or cyclic N) is 1. The van der Waals surface area contributed by atoms with Crippen molar-refractivity contribution in [2.24, 2.45) is 4.99 Å². The fraction of sp³-hybridized carbons (Fsp3) is 0.522. The van der Waals surface area contributed by atoms with E-state index in [-0.39, 0.29) is 18.0 Å². The van der Waals surface area contributed by atoms with Gasteiger partial charge in [-0.25, -0.2) is 18.4 Å². The van der Waals surface area contributed by atoms with Crippen molar-refractivity contribution in [1.82, 2.24) is 14.3 Å². The summed E-state index contributed by atoms with van der Waals surface area (Å²) in [6, 6.07) is 3.54. The Kier molecular flexibility index (Phi) is 6.13. The quantitative estimate of drug-likeness (QED) is 0.622. The van der Waals surface area contributed by atoms with E-state index >= 15 is 0 Å². The van der Waals surface area contributed by atoms with Gasteiger partial charge in [-0.05, 0) is 43.4 Å². The number of aliphatic hydroxyl groups excluding tert-OH is 1. The molecule has 1 aliphatic carbocycles. The average Bonchev–Trinajstić information content (AvgIpc) is 3.08. The summed E-state index contributed by atoms with van der Waals surface area (Å²) in [6.07, 6.45) is 6.53. The van der Waals surface area contributed by atoms with Crippen LogP contribution in [0.1, 0.15) is 44.6 Å². The van der Waals surface area contributed by atoms with Crippen LogP contribution < -0.4 is 5.32 Å². The third kappa shape index (κ3) is 4.22. The van der Waals surface area contributed by atoms with Gasteiger partial charge in [0.15, 0.2) is 0 Å². The van der Waals surface area contributed by atoms with Gasteiger partial charge in [-0.2, -0.15) is 4.31 Å². The summed E-state index contributed by atoms with van der Waals surface area (Å²) in [6.45, 7) is 2.57. The molecule has 8 nitrogen and oxygen atoms in total. The standard InChI is InChI=1S/C23H27Cl2N5O3S/c1-23-7-4-3-5-19(23)28-21-14(23)9-13(10-15(21)24)20-16(25)11-26-22(29-20)27-17-6-8-30(12-18(17)31)34(2,32)33/h9-11,17-18,31H,3-8,12H2,1-2H3,(H,26,27,29)/t17-,18-,23?/m1/s1. The zero-order chi connectivity index (χ0) is 24.3. The summed E-state index contributed by atoms with van der Waals surface area (Å²) in [5.41, 5.74) is 4.35. The van der Waals surface area contributed by atoms with Crippen molar-refractivity contribution in [3.63, 3.8) is 0 Å². The van der Waals surface area contributed by atoms with Gasteiger partial charge in [0.05, 0.1) is 46.0 Å². The number of anilines is 1. The normalized spacial score (nSPS) is 27.1. The van der Waals surface area contributed by atoms with E-state index in [1.165, 1.54) is 16.2 Å². The van der Waals surface area contributed by atoms with Gasteiger partial charge in [0.1, 0.15) is 0 Å². The summed E-state index contributed by atoms with van der Waals surface area (Å²) in [5.74, 6) is 0.314. The van der Waals surface area contributed by atoms with E-state index < -0.39 is 16.1 Å². The molecule has 3 aliphatic rings. The van der Waals surface area contributed by atoms with Gasteiger partial charge in [0.25, 0.3) is 0 Å². The lowest BCUT2D eigenvalue weighted by Crippen LogP contribution is -2.51. The molecule has 0 bridgehead atoms. The van der Waals surface area contributed by atoms with Crippen LogP contribution in [0.3, 0.4) is 0 Å². The van der Waals surface area contributed by atoms with Crippen molar-refractivity contribution in [3.05, 3.63) is 33.9 Å². The van der Waals surface area contributed by atoms with Crippen LogP contribution in [0.2, 0.25) is 10.0 Å². The number of aliphatic hydroxyl groups is 1. The predicted octanol–water partition coefficient (Wildman–Crippen LogP) is 4.17. The number of rotatable bonds is 4. The first kappa shape index (κ1) is 23.9. The fourth-order valence-electron chi connectivity index (χ4n) is 5.24. The Balaban J connectivity index is 1.43. The molecular weight excluding hydrogens is 497 g/mol. The number of fused-ring (bicyclic) bond motifs is 3. The minimum atomic E-state index is -3.35. The Morgan fingerprint density at radius 3 is 2.76 bits per heavy atom. The van der Waals surface area contributed by atoms with Gasteiger partial charge in [-0.3, -0.25) is 4.99 Å². The number of nitrogens with zero attached hydrogens (tertiary/aromatic N) is 4. The second-order valence-corrected chi connectivity index (χ2v) is 12.4. The molecule has 2 aromatic rings. The van der Waals surface area contributed by atoms with Crippen LogP contribution in [0.15, 0.2) is 23.3 Å². The molecule has 1 saturated carbocycles. The van der Waals surface area contributed by atoms with Crippen molar-refractivity contribution in [2.45, 2.75) is 56.6 Å². The van der Waals surface area contributed by atoms with Crippen molar-refractivity contribution in [2.75, 3.05) is 24.7 Å². The molecule has 2 fully saturated rings. The molecule has 1 aromatic carbocycles. The maximum atomic E-state index is 11.8. The first-order chi connectivity index (χ1) is 16.1. The monoisotopic (exact) mass is 523 g/mol. The van der Waals surface area contributed by atoms with Crippen LogP contribution >= 0.6 is 23.2 Å². The third-order valence-electron chi connectivity index (χ3n) is 7.23. The zero-order valence-electron chi connectivity index (χ0n) is 19.1. The molecule has 182 valence electrons. The van der Waals surface area contributed by atoms with Crippen molar-refractivity contribution < 1.29 is 13.5 Å². The summed E-state index contributed by atoms with van der Waals surface area (Å²) in [5, 5.41) is 14.6. The van der Waals surface area contributed by atoms with E-state index in [1.54, 1.807) is 0 Å². The Bertz CT molecular complexity index is 1290. The number of aromatic nitrogens is 2. The molecule has 34 heavy (non-hydrogen) atoms. The lowest BCUT2D eigenvalue weighted by molar-refractivity contribution is 0.0950. The number of nitrogens with one attached hydrogen (secondary N) is 1. The Labute approximate surface area is 209 Å². The molecule has 5 rings (SSSR count). The zero-order valence-corrected chi connectivity index (χ0v) is 21.4. The highest BCUT2D eigenvalue weighted by atomic mass is 35.5. The van der Waals surface area contributed by atoms with Crippen LogP contribution in [0.4, 0.5) is 11.6 Å². The molecule has 0 spiro atoms. The molecule has 1 unspecified atom stereocenters. The highest BCUT2D eigenvalue weighted by Gasteiger charge is 2.41. The summed E-state index contributed by atoms with van der Waals surface area (Å²) >= 11 is 13.2. The first-order valence-corrected chi connectivity index (χ1v) is 14.0. The SMILES string of the molecule is CC12CCCCC1=Nc1c(Cl)cc(-c3nc(N[C@@H]4CCN(S(C)(=O)=O)C[C@H]4O)ncc3Cl)cc12. The second-order valence-electron chi connectivity index (χ2n) is 9.57. The largest absolute Gasteiger partial charge is 0.390 e. The summed E-state index contributed by atoms with van der Waals surface area (Å²) in [4.78, 5) is 13.8. The van der Waals surface area contributed by atoms with Gasteiger partial charge in [-0.15, -0.1) is 0 Å². The average molecular weight is 524 g/mol. The van der Waals surface area contributed by atoms with Gasteiger partial charge in [-0.1, -0.05) is 36.5 Å². The topological polar surface area (TPSA) is 108 Å². The summed E-state index contributed by atoms with van der Waals surface area (Å²) < 4.78 is 24.9. The molecule has 11 heteroatoms. The second kappa shape index (κ2) is 8.71. The van der Waals surface area contributed by atoms with Crippen LogP contribution in [0.25, 0.3) is 11.3 Å². The maximum absolute atomic E-state index is 11.8. The fourth-order valence-corrected chi connectivity index (χ4v) is 6.57. The van der Waals surface area contributed by atoms with Crippen molar-refractivity contribution in [1.29, 1.82) is 0 Å². The molecule has 1 aromatic heterocycles. The highest BCUT2D eigenvalue weighted by Crippen LogP contribution is 2.51. The third-order valence-corrected chi connectivity index (χ3v) is 9.06. The van der Waals surface area contributed by atoms with E-state index in [0.29, 0.717) is 34.7 Å². The van der Waals surface area contributed by atoms with Crippen molar-refractivity contribution >= 4 is 50.6 Å². The van der Waals surface area contributed by atoms with E-state index in [0.717, 1.165) is 48.8 Å². The lowest BCUT2D eigenvalue weighted by Gasteiger charge is -2.34. The Morgan fingerprint density at radius 2 is 2.03 bits per heavy atom. The Hall–Kier alpha value is -1.78. The maximum Gasteiger partial charge on any atom is 0.223 e. The van der Waals surface area contributed by atoms with E-state index in [1.807, 2.05) is 6.07 Å². The van der Waals surface area contributed by atoms with Gasteiger partial charge >= 0.3 is 0 Å². The van der Waals surface area contributed by atoms with E-state index in [4.69, 9.17) is 28.2 Å². The molecule has 3 atom stereocenters. The van der Waals surface area contributed by atoms with Crippen molar-refractivity contribution in [3.8, 4) is 11.3 Å². The molecule has 2 aliphatic heterocycles. The van der Waals surface area contributed by atoms with E-state index in [2.05, 4.69) is 28.3 Å². The summed E-state index contributed by atoms with van der Waals surface area (Å²) in [7, 11) is -3.35. The first-order valence-electron chi connectivity index (χ1n) is 11.4. The molecule has 1 saturated heterocycles. The number of halogens is 2. The minimum Gasteiger partial charge on any atom is -0.390 e. The number of aliphatic imine (C=N–C) groups is 1. The molecule has 0 amide bonds. The molecule has 2 N–H and O–H groups in total.